The maximum Gasteiger partial charge on any atom is 0.231 e. The van der Waals surface area contributed by atoms with Gasteiger partial charge in [0.2, 0.25) is 12.7 Å². The molecule has 2 aromatic rings. The fourth-order valence-electron chi connectivity index (χ4n) is 4.13. The summed E-state index contributed by atoms with van der Waals surface area (Å²) in [6.45, 7) is 0.732. The van der Waals surface area contributed by atoms with Crippen LogP contribution in [0.25, 0.3) is 0 Å². The molecule has 5 nitrogen and oxygen atoms in total. The van der Waals surface area contributed by atoms with Crippen LogP contribution in [0.2, 0.25) is 0 Å². The standard InChI is InChI=1S/C22H25NO4/c1-25-18-7-5-6-16(12-18)14-23-21(24)22(10-3-2-4-11-22)17-8-9-19-20(13-17)27-15-26-19/h5-9,12-13H,2-4,10-11,14-15H2,1H3,(H,23,24). The van der Waals surface area contributed by atoms with Crippen LogP contribution in [-0.2, 0) is 16.8 Å². The molecule has 1 aliphatic carbocycles. The number of amides is 1. The molecule has 27 heavy (non-hydrogen) atoms. The lowest BCUT2D eigenvalue weighted by Gasteiger charge is -2.36. The molecule has 0 aromatic heterocycles. The van der Waals surface area contributed by atoms with E-state index in [2.05, 4.69) is 5.32 Å². The third kappa shape index (κ3) is 3.46. The van der Waals surface area contributed by atoms with Crippen LogP contribution in [0.3, 0.4) is 0 Å². The number of carbonyl (C=O) groups excluding carboxylic acids is 1. The van der Waals surface area contributed by atoms with Crippen molar-refractivity contribution >= 4 is 5.91 Å². The summed E-state index contributed by atoms with van der Waals surface area (Å²) in [4.78, 5) is 13.3. The Morgan fingerprint density at radius 2 is 1.89 bits per heavy atom. The predicted molar refractivity (Wildman–Crippen MR) is 102 cm³/mol. The van der Waals surface area contributed by atoms with Gasteiger partial charge in [0.05, 0.1) is 12.5 Å². The second-order valence-corrected chi connectivity index (χ2v) is 7.25. The summed E-state index contributed by atoms with van der Waals surface area (Å²) in [5.41, 5.74) is 1.55. The van der Waals surface area contributed by atoms with E-state index in [-0.39, 0.29) is 12.7 Å². The van der Waals surface area contributed by atoms with E-state index >= 15 is 0 Å². The molecule has 0 saturated heterocycles. The number of benzene rings is 2. The first kappa shape index (κ1) is 17.7. The van der Waals surface area contributed by atoms with Crippen molar-refractivity contribution in [1.29, 1.82) is 0 Å². The molecular formula is C22H25NO4. The van der Waals surface area contributed by atoms with Crippen LogP contribution in [0.1, 0.15) is 43.2 Å². The molecule has 1 saturated carbocycles. The Balaban J connectivity index is 1.56. The molecule has 1 N–H and O–H groups in total. The van der Waals surface area contributed by atoms with Crippen molar-refractivity contribution in [3.05, 3.63) is 53.6 Å². The molecular weight excluding hydrogens is 342 g/mol. The van der Waals surface area contributed by atoms with Crippen LogP contribution in [0.15, 0.2) is 42.5 Å². The number of hydrogen-bond acceptors (Lipinski definition) is 4. The Kier molecular flexibility index (Phi) is 4.92. The van der Waals surface area contributed by atoms with Crippen LogP contribution in [-0.4, -0.2) is 19.8 Å². The van der Waals surface area contributed by atoms with Gasteiger partial charge < -0.3 is 19.5 Å². The zero-order valence-corrected chi connectivity index (χ0v) is 15.6. The minimum absolute atomic E-state index is 0.0869. The zero-order valence-electron chi connectivity index (χ0n) is 15.6. The van der Waals surface area contributed by atoms with Crippen molar-refractivity contribution in [2.24, 2.45) is 0 Å². The van der Waals surface area contributed by atoms with E-state index in [1.54, 1.807) is 7.11 Å². The predicted octanol–water partition coefficient (Wildman–Crippen LogP) is 3.94. The molecule has 0 unspecified atom stereocenters. The van der Waals surface area contributed by atoms with E-state index in [0.29, 0.717) is 6.54 Å². The molecule has 0 spiro atoms. The minimum Gasteiger partial charge on any atom is -0.497 e. The van der Waals surface area contributed by atoms with Gasteiger partial charge in [-0.25, -0.2) is 0 Å². The number of methoxy groups -OCH3 is 1. The van der Waals surface area contributed by atoms with Gasteiger partial charge in [-0.2, -0.15) is 0 Å². The topological polar surface area (TPSA) is 56.8 Å². The Labute approximate surface area is 159 Å². The molecule has 4 rings (SSSR count). The molecule has 0 bridgehead atoms. The number of carbonyl (C=O) groups is 1. The van der Waals surface area contributed by atoms with Crippen LogP contribution in [0, 0.1) is 0 Å². The van der Waals surface area contributed by atoms with Crippen LogP contribution >= 0.6 is 0 Å². The molecule has 1 amide bonds. The van der Waals surface area contributed by atoms with Crippen LogP contribution in [0.4, 0.5) is 0 Å². The first-order valence-corrected chi connectivity index (χ1v) is 9.53. The van der Waals surface area contributed by atoms with Gasteiger partial charge in [-0.3, -0.25) is 4.79 Å². The van der Waals surface area contributed by atoms with E-state index in [1.165, 1.54) is 6.42 Å². The highest BCUT2D eigenvalue weighted by molar-refractivity contribution is 5.88. The summed E-state index contributed by atoms with van der Waals surface area (Å²) >= 11 is 0. The second kappa shape index (κ2) is 7.51. The minimum atomic E-state index is -0.502. The Morgan fingerprint density at radius 1 is 1.07 bits per heavy atom. The summed E-state index contributed by atoms with van der Waals surface area (Å²) in [6.07, 6.45) is 5.00. The average Bonchev–Trinajstić information content (AvgIpc) is 3.20. The highest BCUT2D eigenvalue weighted by Gasteiger charge is 2.41. The lowest BCUT2D eigenvalue weighted by atomic mass is 9.68. The molecule has 1 fully saturated rings. The highest BCUT2D eigenvalue weighted by atomic mass is 16.7. The number of ether oxygens (including phenoxy) is 3. The average molecular weight is 367 g/mol. The van der Waals surface area contributed by atoms with Crippen LogP contribution in [0.5, 0.6) is 17.2 Å². The van der Waals surface area contributed by atoms with Gasteiger partial charge in [-0.15, -0.1) is 0 Å². The van der Waals surface area contributed by atoms with Gasteiger partial charge in [0, 0.05) is 6.54 Å². The largest absolute Gasteiger partial charge is 0.497 e. The first-order valence-electron chi connectivity index (χ1n) is 9.53. The number of fused-ring (bicyclic) bond motifs is 1. The quantitative estimate of drug-likeness (QED) is 0.870. The van der Waals surface area contributed by atoms with Crippen molar-refractivity contribution < 1.29 is 19.0 Å². The molecule has 2 aliphatic rings. The van der Waals surface area contributed by atoms with Crippen molar-refractivity contribution in [2.45, 2.75) is 44.1 Å². The van der Waals surface area contributed by atoms with Crippen molar-refractivity contribution in [2.75, 3.05) is 13.9 Å². The van der Waals surface area contributed by atoms with E-state index in [1.807, 2.05) is 42.5 Å². The smallest absolute Gasteiger partial charge is 0.231 e. The van der Waals surface area contributed by atoms with Crippen molar-refractivity contribution in [3.63, 3.8) is 0 Å². The molecule has 142 valence electrons. The Bertz CT molecular complexity index is 827. The van der Waals surface area contributed by atoms with Crippen LogP contribution < -0.4 is 19.5 Å². The zero-order chi connectivity index (χ0) is 18.7. The SMILES string of the molecule is COc1cccc(CNC(=O)C2(c3ccc4c(c3)OCO4)CCCCC2)c1. The van der Waals surface area contributed by atoms with E-state index in [4.69, 9.17) is 14.2 Å². The Hall–Kier alpha value is -2.69. The Morgan fingerprint density at radius 3 is 2.70 bits per heavy atom. The normalized spacial score (nSPS) is 17.4. The van der Waals surface area contributed by atoms with Gasteiger partial charge in [0.15, 0.2) is 11.5 Å². The van der Waals surface area contributed by atoms with Crippen molar-refractivity contribution in [1.82, 2.24) is 5.32 Å². The highest BCUT2D eigenvalue weighted by Crippen LogP contribution is 2.43. The summed E-state index contributed by atoms with van der Waals surface area (Å²) in [5.74, 6) is 2.37. The fraction of sp³-hybridized carbons (Fsp3) is 0.409. The molecule has 1 heterocycles. The first-order chi connectivity index (χ1) is 13.2. The lowest BCUT2D eigenvalue weighted by molar-refractivity contribution is -0.128. The maximum absolute atomic E-state index is 13.3. The summed E-state index contributed by atoms with van der Waals surface area (Å²) in [7, 11) is 1.65. The fourth-order valence-corrected chi connectivity index (χ4v) is 4.13. The molecule has 2 aromatic carbocycles. The van der Waals surface area contributed by atoms with Crippen molar-refractivity contribution in [3.8, 4) is 17.2 Å². The third-order valence-electron chi connectivity index (χ3n) is 5.65. The van der Waals surface area contributed by atoms with Gasteiger partial charge in [0.25, 0.3) is 0 Å². The van der Waals surface area contributed by atoms with Gasteiger partial charge in [-0.1, -0.05) is 37.5 Å². The number of hydrogen-bond donors (Lipinski definition) is 1. The summed E-state index contributed by atoms with van der Waals surface area (Å²) in [6, 6.07) is 13.7. The molecule has 5 heteroatoms. The second-order valence-electron chi connectivity index (χ2n) is 7.25. The monoisotopic (exact) mass is 367 g/mol. The van der Waals surface area contributed by atoms with Gasteiger partial charge in [0.1, 0.15) is 5.75 Å². The number of nitrogens with one attached hydrogen (secondary N) is 1. The number of rotatable bonds is 5. The summed E-state index contributed by atoms with van der Waals surface area (Å²) < 4.78 is 16.2. The molecule has 1 aliphatic heterocycles. The van der Waals surface area contributed by atoms with Gasteiger partial charge >= 0.3 is 0 Å². The maximum atomic E-state index is 13.3. The molecule has 0 radical (unpaired) electrons. The lowest BCUT2D eigenvalue weighted by Crippen LogP contribution is -2.45. The van der Waals surface area contributed by atoms with E-state index < -0.39 is 5.41 Å². The third-order valence-corrected chi connectivity index (χ3v) is 5.65. The molecule has 0 atom stereocenters. The van der Waals surface area contributed by atoms with E-state index in [9.17, 15) is 4.79 Å². The summed E-state index contributed by atoms with van der Waals surface area (Å²) in [5, 5.41) is 3.16. The van der Waals surface area contributed by atoms with Gasteiger partial charge in [-0.05, 0) is 48.2 Å². The van der Waals surface area contributed by atoms with E-state index in [0.717, 1.165) is 54.1 Å².